The summed E-state index contributed by atoms with van der Waals surface area (Å²) in [7, 11) is 0. The highest BCUT2D eigenvalue weighted by Crippen LogP contribution is 1.86. The van der Waals surface area contributed by atoms with Crippen molar-refractivity contribution in [3.63, 3.8) is 0 Å². The van der Waals surface area contributed by atoms with Gasteiger partial charge in [0.15, 0.2) is 0 Å². The summed E-state index contributed by atoms with van der Waals surface area (Å²) in [6.07, 6.45) is 4.38. The number of allylic oxidation sites excluding steroid dienone is 1. The molecule has 0 rings (SSSR count). The van der Waals surface area contributed by atoms with Crippen LogP contribution in [0.1, 0.15) is 6.92 Å². The predicted octanol–water partition coefficient (Wildman–Crippen LogP) is 0.632. The fourth-order valence-corrected chi connectivity index (χ4v) is 0.298. The van der Waals surface area contributed by atoms with Crippen molar-refractivity contribution in [2.24, 2.45) is 10.7 Å². The van der Waals surface area contributed by atoms with Gasteiger partial charge in [-0.25, -0.2) is 0 Å². The molecule has 0 aliphatic rings. The van der Waals surface area contributed by atoms with E-state index >= 15 is 0 Å². The van der Waals surface area contributed by atoms with Gasteiger partial charge in [-0.3, -0.25) is 9.79 Å². The Hall–Kier alpha value is -1.38. The number of hydrogen-bond acceptors (Lipinski definition) is 2. The van der Waals surface area contributed by atoms with Gasteiger partial charge in [-0.15, -0.1) is 0 Å². The van der Waals surface area contributed by atoms with Crippen molar-refractivity contribution in [3.05, 3.63) is 24.4 Å². The molecular weight excluding hydrogens is 128 g/mol. The van der Waals surface area contributed by atoms with E-state index in [0.717, 1.165) is 0 Å². The molecule has 0 aliphatic carbocycles. The molecule has 0 atom stereocenters. The molecular formula is C7H10N2O. The monoisotopic (exact) mass is 138 g/mol. The maximum atomic E-state index is 10.4. The van der Waals surface area contributed by atoms with Crippen molar-refractivity contribution >= 4 is 12.1 Å². The minimum absolute atomic E-state index is 0.435. The first kappa shape index (κ1) is 8.62. The van der Waals surface area contributed by atoms with E-state index in [4.69, 9.17) is 5.73 Å². The van der Waals surface area contributed by atoms with E-state index in [-0.39, 0.29) is 0 Å². The van der Waals surface area contributed by atoms with E-state index in [1.165, 1.54) is 18.5 Å². The zero-order chi connectivity index (χ0) is 7.98. The first-order chi connectivity index (χ1) is 4.68. The maximum Gasteiger partial charge on any atom is 0.244 e. The Bertz CT molecular complexity index is 192. The van der Waals surface area contributed by atoms with E-state index in [1.807, 2.05) is 0 Å². The van der Waals surface area contributed by atoms with Gasteiger partial charge in [-0.05, 0) is 13.0 Å². The van der Waals surface area contributed by atoms with Gasteiger partial charge in [0.05, 0.1) is 0 Å². The second-order valence-corrected chi connectivity index (χ2v) is 1.69. The molecule has 3 heteroatoms. The molecule has 3 nitrogen and oxygen atoms in total. The number of aliphatic imine (C=N–C) groups is 1. The van der Waals surface area contributed by atoms with Gasteiger partial charge < -0.3 is 5.73 Å². The highest BCUT2D eigenvalue weighted by atomic mass is 16.1. The molecule has 0 saturated carbocycles. The van der Waals surface area contributed by atoms with Crippen LogP contribution in [0.15, 0.2) is 29.4 Å². The summed E-state index contributed by atoms with van der Waals surface area (Å²) < 4.78 is 0. The fourth-order valence-electron chi connectivity index (χ4n) is 0.298. The quantitative estimate of drug-likeness (QED) is 0.451. The molecule has 0 radical (unpaired) electrons. The molecule has 0 spiro atoms. The smallest absolute Gasteiger partial charge is 0.244 e. The topological polar surface area (TPSA) is 55.4 Å². The zero-order valence-corrected chi connectivity index (χ0v) is 5.87. The number of hydrogen-bond donors (Lipinski definition) is 1. The molecule has 0 unspecified atom stereocenters. The van der Waals surface area contributed by atoms with Gasteiger partial charge in [0.1, 0.15) is 0 Å². The third-order valence-electron chi connectivity index (χ3n) is 0.905. The maximum absolute atomic E-state index is 10.4. The van der Waals surface area contributed by atoms with Crippen LogP contribution in [-0.2, 0) is 4.79 Å². The molecule has 10 heavy (non-hydrogen) atoms. The molecule has 0 fully saturated rings. The Morgan fingerprint density at radius 3 is 2.70 bits per heavy atom. The van der Waals surface area contributed by atoms with Crippen LogP contribution in [0.25, 0.3) is 0 Å². The van der Waals surface area contributed by atoms with Gasteiger partial charge in [0.2, 0.25) is 5.91 Å². The molecule has 0 aromatic carbocycles. The van der Waals surface area contributed by atoms with Crippen LogP contribution in [0, 0.1) is 0 Å². The van der Waals surface area contributed by atoms with E-state index in [9.17, 15) is 4.79 Å². The normalized spacial score (nSPS) is 11.9. The third kappa shape index (κ3) is 3.60. The minimum Gasteiger partial charge on any atom is -0.366 e. The largest absolute Gasteiger partial charge is 0.366 e. The molecule has 0 bridgehead atoms. The van der Waals surface area contributed by atoms with E-state index in [2.05, 4.69) is 11.6 Å². The van der Waals surface area contributed by atoms with Gasteiger partial charge in [-0.2, -0.15) is 0 Å². The van der Waals surface area contributed by atoms with E-state index < -0.39 is 5.91 Å². The van der Waals surface area contributed by atoms with Gasteiger partial charge >= 0.3 is 0 Å². The number of nitrogens with two attached hydrogens (primary N) is 1. The zero-order valence-electron chi connectivity index (χ0n) is 5.87. The Morgan fingerprint density at radius 1 is 1.70 bits per heavy atom. The van der Waals surface area contributed by atoms with Crippen molar-refractivity contribution in [2.45, 2.75) is 6.92 Å². The highest BCUT2D eigenvalue weighted by Gasteiger charge is 1.92. The fraction of sp³-hybridized carbons (Fsp3) is 0.143. The molecule has 0 aromatic heterocycles. The van der Waals surface area contributed by atoms with Gasteiger partial charge in [0.25, 0.3) is 0 Å². The molecule has 0 heterocycles. The standard InChI is InChI=1S/C7H10N2O/c1-3-9-5-4-6(2)7(8)10/h3-5H,1H2,2H3,(H2,8,10)/b6-4+,9-5?. The molecule has 0 aromatic rings. The van der Waals surface area contributed by atoms with Crippen LogP contribution < -0.4 is 5.73 Å². The van der Waals surface area contributed by atoms with Gasteiger partial charge in [-0.1, -0.05) is 6.58 Å². The van der Waals surface area contributed by atoms with Crippen molar-refractivity contribution in [1.29, 1.82) is 0 Å². The van der Waals surface area contributed by atoms with Crippen molar-refractivity contribution < 1.29 is 4.79 Å². The Morgan fingerprint density at radius 2 is 2.30 bits per heavy atom. The summed E-state index contributed by atoms with van der Waals surface area (Å²) in [5.74, 6) is -0.435. The van der Waals surface area contributed by atoms with Crippen LogP contribution in [0.5, 0.6) is 0 Å². The molecule has 1 amide bonds. The number of nitrogens with zero attached hydrogens (tertiary/aromatic N) is 1. The lowest BCUT2D eigenvalue weighted by Gasteiger charge is -1.87. The molecule has 2 N–H and O–H groups in total. The summed E-state index contributed by atoms with van der Waals surface area (Å²) in [4.78, 5) is 14.0. The van der Waals surface area contributed by atoms with E-state index in [1.54, 1.807) is 6.92 Å². The van der Waals surface area contributed by atoms with Crippen LogP contribution in [0.4, 0.5) is 0 Å². The summed E-state index contributed by atoms with van der Waals surface area (Å²) in [5.41, 5.74) is 5.40. The Balaban J connectivity index is 4.04. The lowest BCUT2D eigenvalue weighted by molar-refractivity contribution is -0.114. The second-order valence-electron chi connectivity index (χ2n) is 1.69. The van der Waals surface area contributed by atoms with Crippen LogP contribution in [0.3, 0.4) is 0 Å². The van der Waals surface area contributed by atoms with Crippen molar-refractivity contribution in [3.8, 4) is 0 Å². The highest BCUT2D eigenvalue weighted by molar-refractivity contribution is 5.95. The number of primary amides is 1. The first-order valence-corrected chi connectivity index (χ1v) is 2.79. The Kier molecular flexibility index (Phi) is 3.87. The second kappa shape index (κ2) is 4.49. The van der Waals surface area contributed by atoms with Crippen LogP contribution >= 0.6 is 0 Å². The van der Waals surface area contributed by atoms with Gasteiger partial charge in [0, 0.05) is 18.0 Å². The third-order valence-corrected chi connectivity index (χ3v) is 0.905. The number of carbonyl (C=O) groups excluding carboxylic acids is 1. The first-order valence-electron chi connectivity index (χ1n) is 2.79. The molecule has 0 aliphatic heterocycles. The molecule has 0 saturated heterocycles. The molecule has 54 valence electrons. The number of amides is 1. The van der Waals surface area contributed by atoms with Crippen LogP contribution in [0.2, 0.25) is 0 Å². The lowest BCUT2D eigenvalue weighted by Crippen LogP contribution is -2.11. The summed E-state index contributed by atoms with van der Waals surface area (Å²) in [6, 6.07) is 0. The number of rotatable bonds is 3. The summed E-state index contributed by atoms with van der Waals surface area (Å²) in [6.45, 7) is 4.98. The summed E-state index contributed by atoms with van der Waals surface area (Å²) >= 11 is 0. The predicted molar refractivity (Wildman–Crippen MR) is 41.6 cm³/mol. The van der Waals surface area contributed by atoms with Crippen molar-refractivity contribution in [1.82, 2.24) is 0 Å². The average molecular weight is 138 g/mol. The lowest BCUT2D eigenvalue weighted by atomic mass is 10.3. The van der Waals surface area contributed by atoms with Crippen molar-refractivity contribution in [2.75, 3.05) is 0 Å². The SMILES string of the molecule is C=CN=C/C=C(\C)C(N)=O. The summed E-state index contributed by atoms with van der Waals surface area (Å²) in [5, 5.41) is 0. The van der Waals surface area contributed by atoms with E-state index in [0.29, 0.717) is 5.57 Å². The van der Waals surface area contributed by atoms with Crippen LogP contribution in [-0.4, -0.2) is 12.1 Å². The average Bonchev–Trinajstić information content (AvgIpc) is 1.88. The minimum atomic E-state index is -0.435. The Labute approximate surface area is 59.9 Å². The number of carbonyl (C=O) groups is 1.